The average Bonchev–Trinajstić information content (AvgIpc) is 4.29. The van der Waals surface area contributed by atoms with Gasteiger partial charge in [-0.1, -0.05) is 52.9 Å². The zero-order valence-electron chi connectivity index (χ0n) is 40.6. The van der Waals surface area contributed by atoms with E-state index in [4.69, 9.17) is 13.6 Å². The Labute approximate surface area is 439 Å². The third-order valence-electron chi connectivity index (χ3n) is 12.1. The molecule has 3 aromatic carbocycles. The molecule has 9 heterocycles. The highest BCUT2D eigenvalue weighted by Gasteiger charge is 2.25. The lowest BCUT2D eigenvalue weighted by Gasteiger charge is -2.05. The van der Waals surface area contributed by atoms with Gasteiger partial charge in [0.05, 0.1) is 42.6 Å². The normalized spacial score (nSPS) is 11.8. The van der Waals surface area contributed by atoms with E-state index in [-0.39, 0.29) is 23.0 Å². The van der Waals surface area contributed by atoms with Crippen LogP contribution < -0.4 is 0 Å². The second kappa shape index (κ2) is 21.4. The number of pyridine rings is 3. The summed E-state index contributed by atoms with van der Waals surface area (Å²) < 4.78 is 94.7. The van der Waals surface area contributed by atoms with Crippen LogP contribution in [0.2, 0.25) is 0 Å². The number of nitrogens with one attached hydrogen (secondary N) is 3. The molecule has 0 fully saturated rings. The van der Waals surface area contributed by atoms with Gasteiger partial charge in [0.15, 0.2) is 0 Å². The molecule has 0 aliphatic heterocycles. The van der Waals surface area contributed by atoms with Crippen LogP contribution in [0.3, 0.4) is 0 Å². The van der Waals surface area contributed by atoms with Gasteiger partial charge < -0.3 is 28.5 Å². The zero-order chi connectivity index (χ0) is 52.7. The maximum atomic E-state index is 13.5. The molecule has 0 saturated heterocycles. The first-order valence-electron chi connectivity index (χ1n) is 22.9. The Balaban J connectivity index is 0.000000138. The van der Waals surface area contributed by atoms with Crippen molar-refractivity contribution < 1.29 is 39.4 Å². The lowest BCUT2D eigenvalue weighted by atomic mass is 10.1. The van der Waals surface area contributed by atoms with Crippen molar-refractivity contribution in [2.75, 3.05) is 0 Å². The van der Waals surface area contributed by atoms with Gasteiger partial charge in [0, 0.05) is 101 Å². The summed E-state index contributed by atoms with van der Waals surface area (Å²) >= 11 is 1.50. The molecule has 21 heteroatoms. The van der Waals surface area contributed by atoms with Gasteiger partial charge in [-0.25, -0.2) is 40.7 Å². The van der Waals surface area contributed by atoms with Gasteiger partial charge in [0.1, 0.15) is 51.7 Å². The van der Waals surface area contributed by atoms with E-state index in [9.17, 15) is 25.8 Å². The van der Waals surface area contributed by atoms with Crippen LogP contribution in [0.5, 0.6) is 0 Å². The summed E-state index contributed by atoms with van der Waals surface area (Å²) in [5.41, 5.74) is 9.24. The third kappa shape index (κ3) is 10.4. The maximum Gasteiger partial charge on any atom is 0.208 e. The molecule has 0 amide bonds. The molecule has 76 heavy (non-hydrogen) atoms. The number of hydrogen-bond acceptors (Lipinski definition) is 13. The predicted octanol–water partition coefficient (Wildman–Crippen LogP) is 13.7. The monoisotopic (exact) mass is 1080 g/mol. The Morgan fingerprint density at radius 1 is 0.539 bits per heavy atom. The molecular weight excluding hydrogens is 1040 g/mol. The van der Waals surface area contributed by atoms with E-state index in [1.54, 1.807) is 56.7 Å². The Hall–Kier alpha value is -8.40. The summed E-state index contributed by atoms with van der Waals surface area (Å²) in [5.74, 6) is 0.814. The Kier molecular flexibility index (Phi) is 14.8. The van der Waals surface area contributed by atoms with Crippen LogP contribution in [0.4, 0.5) is 13.2 Å². The van der Waals surface area contributed by atoms with Crippen LogP contribution >= 0.6 is 11.8 Å². The second-order valence-electron chi connectivity index (χ2n) is 17.2. The summed E-state index contributed by atoms with van der Waals surface area (Å²) in [6.45, 7) is 11.1. The first kappa shape index (κ1) is 52.5. The molecule has 386 valence electrons. The van der Waals surface area contributed by atoms with Gasteiger partial charge in [-0.15, -0.1) is 0 Å². The van der Waals surface area contributed by atoms with Gasteiger partial charge in [-0.2, -0.15) is 0 Å². The van der Waals surface area contributed by atoms with Crippen LogP contribution in [0.1, 0.15) is 41.8 Å². The lowest BCUT2D eigenvalue weighted by Crippen LogP contribution is -2.01. The molecule has 12 rings (SSSR count). The summed E-state index contributed by atoms with van der Waals surface area (Å²) in [6.07, 6.45) is 10.1. The number of sulfone groups is 1. The molecule has 1 atom stereocenters. The highest BCUT2D eigenvalue weighted by molar-refractivity contribution is 7.99. The highest BCUT2D eigenvalue weighted by Crippen LogP contribution is 2.38. The SMILES string of the molecule is C.Cc1noc(C)c1-c1cnc2[nH]cc(S(=O)(=O)c3cccc(F)c3)c2c1.Cc1noc(C)c1-c1cnc2[nH]cc(S(=O)c3cccc(F)c3)c2c1.Cc1noc(C)c1-c1cnc2[nH]cc(Sc3cccc(F)c3)c2c1. The quantitative estimate of drug-likeness (QED) is 0.123. The molecule has 0 bridgehead atoms. The van der Waals surface area contributed by atoms with Crippen molar-refractivity contribution in [2.45, 2.75) is 78.3 Å². The van der Waals surface area contributed by atoms with E-state index in [0.717, 1.165) is 77.2 Å². The van der Waals surface area contributed by atoms with Crippen molar-refractivity contribution >= 4 is 65.5 Å². The van der Waals surface area contributed by atoms with E-state index in [1.165, 1.54) is 60.4 Å². The molecule has 3 N–H and O–H groups in total. The number of aryl methyl sites for hydroxylation is 6. The molecule has 0 aliphatic rings. The van der Waals surface area contributed by atoms with Crippen molar-refractivity contribution in [1.82, 2.24) is 45.4 Å². The topological polar surface area (TPSA) is 215 Å². The predicted molar refractivity (Wildman–Crippen MR) is 283 cm³/mol. The largest absolute Gasteiger partial charge is 0.361 e. The Bertz CT molecular complexity index is 4200. The summed E-state index contributed by atoms with van der Waals surface area (Å²) in [7, 11) is -5.42. The van der Waals surface area contributed by atoms with Crippen LogP contribution in [0, 0.1) is 59.0 Å². The molecule has 9 aromatic heterocycles. The Morgan fingerprint density at radius 3 is 1.53 bits per heavy atom. The van der Waals surface area contributed by atoms with Gasteiger partial charge in [0.25, 0.3) is 0 Å². The number of H-pyrrole nitrogens is 3. The van der Waals surface area contributed by atoms with E-state index < -0.39 is 32.3 Å². The Morgan fingerprint density at radius 2 is 1.00 bits per heavy atom. The zero-order valence-corrected chi connectivity index (χ0v) is 43.1. The third-order valence-corrected chi connectivity index (χ3v) is 16.3. The van der Waals surface area contributed by atoms with Gasteiger partial charge in [-0.3, -0.25) is 0 Å². The van der Waals surface area contributed by atoms with E-state index in [0.29, 0.717) is 49.2 Å². The number of hydrogen-bond donors (Lipinski definition) is 3. The number of halogens is 3. The van der Waals surface area contributed by atoms with Gasteiger partial charge in [-0.05, 0) is 114 Å². The van der Waals surface area contributed by atoms with E-state index >= 15 is 0 Å². The first-order chi connectivity index (χ1) is 36.0. The minimum Gasteiger partial charge on any atom is -0.361 e. The van der Waals surface area contributed by atoms with Gasteiger partial charge in [0.2, 0.25) is 9.84 Å². The van der Waals surface area contributed by atoms with Crippen LogP contribution in [0.15, 0.2) is 171 Å². The smallest absolute Gasteiger partial charge is 0.208 e. The van der Waals surface area contributed by atoms with Crippen LogP contribution in [-0.4, -0.2) is 58.0 Å². The second-order valence-corrected chi connectivity index (χ2v) is 21.6. The maximum absolute atomic E-state index is 13.5. The van der Waals surface area contributed by atoms with E-state index in [1.807, 2.05) is 52.2 Å². The van der Waals surface area contributed by atoms with Crippen molar-refractivity contribution in [3.63, 3.8) is 0 Å². The number of benzene rings is 3. The molecule has 12 aromatic rings. The van der Waals surface area contributed by atoms with Crippen LogP contribution in [0.25, 0.3) is 66.5 Å². The van der Waals surface area contributed by atoms with Crippen molar-refractivity contribution in [2.24, 2.45) is 0 Å². The standard InChI is InChI=1S/C18H14FN3O3S.C18H14FN3O2S.C18H14FN3OS.CH4/c1-10-17(11(2)25-22-10)12-6-15-16(9-21-18(15)20-8-12)26(23,24)14-5-3-4-13(19)7-14;1-10-17(11(2)24-22-10)12-6-15-16(9-21-18(15)20-8-12)25(23)14-5-3-4-13(19)7-14;1-10-17(11(2)23-22-10)12-6-15-16(9-21-18(15)20-8-12)24-14-5-3-4-13(19)7-14;/h3-9H,1-2H3,(H,20,21);3-9H,1-2H3,(H,20,21);3-9H,1-2H3,(H,20,21);1H4. The van der Waals surface area contributed by atoms with Crippen molar-refractivity contribution in [3.05, 3.63) is 180 Å². The van der Waals surface area contributed by atoms with Crippen molar-refractivity contribution in [3.8, 4) is 33.4 Å². The molecule has 1 unspecified atom stereocenters. The lowest BCUT2D eigenvalue weighted by molar-refractivity contribution is 0.393. The average molecular weight is 1080 g/mol. The number of rotatable bonds is 9. The first-order valence-corrected chi connectivity index (χ1v) is 26.3. The summed E-state index contributed by atoms with van der Waals surface area (Å²) in [6, 6.07) is 23.0. The van der Waals surface area contributed by atoms with Gasteiger partial charge >= 0.3 is 0 Å². The van der Waals surface area contributed by atoms with Crippen molar-refractivity contribution in [1.29, 1.82) is 0 Å². The molecule has 0 radical (unpaired) electrons. The minimum atomic E-state index is -3.90. The number of aromatic nitrogens is 9. The summed E-state index contributed by atoms with van der Waals surface area (Å²) in [4.78, 5) is 25.0. The fourth-order valence-electron chi connectivity index (χ4n) is 8.62. The fourth-order valence-corrected chi connectivity index (χ4v) is 12.2. The fraction of sp³-hybridized carbons (Fsp3) is 0.127. The molecule has 0 saturated carbocycles. The minimum absolute atomic E-state index is 0. The highest BCUT2D eigenvalue weighted by atomic mass is 32.2. The molecule has 0 aliphatic carbocycles. The number of aromatic amines is 3. The van der Waals surface area contributed by atoms with E-state index in [2.05, 4.69) is 51.4 Å². The molecule has 15 nitrogen and oxygen atoms in total. The van der Waals surface area contributed by atoms with Crippen LogP contribution in [-0.2, 0) is 20.6 Å². The number of fused-ring (bicyclic) bond motifs is 3. The number of nitrogens with zero attached hydrogens (tertiary/aromatic N) is 6. The molecule has 0 spiro atoms. The molecular formula is C55H46F3N9O6S3. The summed E-state index contributed by atoms with van der Waals surface area (Å²) in [5, 5.41) is 14.0.